The maximum absolute atomic E-state index is 11.3. The molecule has 21 heavy (non-hydrogen) atoms. The fourth-order valence-corrected chi connectivity index (χ4v) is 2.87. The van der Waals surface area contributed by atoms with Crippen LogP contribution in [0.1, 0.15) is 11.3 Å². The standard InChI is InChI=1S/C15H15N3O2S/c1-21(19,20)17-13-5-2-4-12(10-13)11-14-6-3-7-15-16-8-9-18(14)15/h2-10,17H,11H2,1H3. The van der Waals surface area contributed by atoms with E-state index in [0.717, 1.165) is 23.2 Å². The number of pyridine rings is 1. The molecule has 6 heteroatoms. The minimum Gasteiger partial charge on any atom is -0.304 e. The summed E-state index contributed by atoms with van der Waals surface area (Å²) in [5.74, 6) is 0. The molecule has 0 aliphatic heterocycles. The maximum Gasteiger partial charge on any atom is 0.229 e. The highest BCUT2D eigenvalue weighted by molar-refractivity contribution is 7.92. The number of nitrogens with zero attached hydrogens (tertiary/aromatic N) is 2. The van der Waals surface area contributed by atoms with E-state index >= 15 is 0 Å². The lowest BCUT2D eigenvalue weighted by Crippen LogP contribution is -2.09. The molecule has 0 aliphatic rings. The number of rotatable bonds is 4. The first-order valence-electron chi connectivity index (χ1n) is 6.49. The van der Waals surface area contributed by atoms with Gasteiger partial charge in [-0.1, -0.05) is 18.2 Å². The maximum atomic E-state index is 11.3. The summed E-state index contributed by atoms with van der Waals surface area (Å²) in [7, 11) is -3.26. The number of hydrogen-bond donors (Lipinski definition) is 1. The zero-order valence-electron chi connectivity index (χ0n) is 11.5. The molecule has 0 fully saturated rings. The third-order valence-corrected chi connectivity index (χ3v) is 3.73. The minimum atomic E-state index is -3.26. The zero-order valence-corrected chi connectivity index (χ0v) is 12.3. The highest BCUT2D eigenvalue weighted by atomic mass is 32.2. The van der Waals surface area contributed by atoms with Crippen LogP contribution in [0, 0.1) is 0 Å². The van der Waals surface area contributed by atoms with Crippen molar-refractivity contribution >= 4 is 21.4 Å². The lowest BCUT2D eigenvalue weighted by molar-refractivity contribution is 0.607. The van der Waals surface area contributed by atoms with Gasteiger partial charge in [0.2, 0.25) is 10.0 Å². The van der Waals surface area contributed by atoms with E-state index in [9.17, 15) is 8.42 Å². The molecule has 0 saturated heterocycles. The molecule has 0 aliphatic carbocycles. The number of benzene rings is 1. The molecule has 0 amide bonds. The molecule has 2 heterocycles. The van der Waals surface area contributed by atoms with Gasteiger partial charge in [0.25, 0.3) is 0 Å². The van der Waals surface area contributed by atoms with Crippen LogP contribution >= 0.6 is 0 Å². The van der Waals surface area contributed by atoms with Gasteiger partial charge < -0.3 is 4.40 Å². The Morgan fingerprint density at radius 1 is 1.19 bits per heavy atom. The van der Waals surface area contributed by atoms with Crippen LogP contribution in [-0.2, 0) is 16.4 Å². The van der Waals surface area contributed by atoms with E-state index in [4.69, 9.17) is 0 Å². The van der Waals surface area contributed by atoms with E-state index in [0.29, 0.717) is 12.1 Å². The number of nitrogens with one attached hydrogen (secondary N) is 1. The summed E-state index contributed by atoms with van der Waals surface area (Å²) >= 11 is 0. The predicted octanol–water partition coefficient (Wildman–Crippen LogP) is 2.30. The Morgan fingerprint density at radius 3 is 2.81 bits per heavy atom. The van der Waals surface area contributed by atoms with Gasteiger partial charge in [-0.05, 0) is 29.8 Å². The summed E-state index contributed by atoms with van der Waals surface area (Å²) in [6, 6.07) is 13.4. The fraction of sp³-hybridized carbons (Fsp3) is 0.133. The highest BCUT2D eigenvalue weighted by Crippen LogP contribution is 2.16. The number of aromatic nitrogens is 2. The van der Waals surface area contributed by atoms with E-state index in [2.05, 4.69) is 9.71 Å². The van der Waals surface area contributed by atoms with E-state index in [1.54, 1.807) is 12.3 Å². The van der Waals surface area contributed by atoms with Gasteiger partial charge >= 0.3 is 0 Å². The number of hydrogen-bond acceptors (Lipinski definition) is 3. The van der Waals surface area contributed by atoms with Crippen LogP contribution in [0.4, 0.5) is 5.69 Å². The van der Waals surface area contributed by atoms with Crippen LogP contribution in [0.15, 0.2) is 54.9 Å². The van der Waals surface area contributed by atoms with Crippen LogP contribution in [0.5, 0.6) is 0 Å². The predicted molar refractivity (Wildman–Crippen MR) is 82.9 cm³/mol. The molecule has 0 saturated carbocycles. The number of fused-ring (bicyclic) bond motifs is 1. The van der Waals surface area contributed by atoms with E-state index in [-0.39, 0.29) is 0 Å². The van der Waals surface area contributed by atoms with Crippen molar-refractivity contribution in [3.8, 4) is 0 Å². The first kappa shape index (κ1) is 13.6. The van der Waals surface area contributed by atoms with Gasteiger partial charge in [0.15, 0.2) is 0 Å². The molecule has 0 unspecified atom stereocenters. The molecule has 3 aromatic rings. The smallest absolute Gasteiger partial charge is 0.229 e. The molecule has 3 rings (SSSR count). The summed E-state index contributed by atoms with van der Waals surface area (Å²) in [5.41, 5.74) is 3.61. The van der Waals surface area contributed by atoms with Crippen molar-refractivity contribution in [2.75, 3.05) is 11.0 Å². The van der Waals surface area contributed by atoms with Crippen LogP contribution in [0.3, 0.4) is 0 Å². The van der Waals surface area contributed by atoms with Gasteiger partial charge in [-0.15, -0.1) is 0 Å². The summed E-state index contributed by atoms with van der Waals surface area (Å²) in [6.07, 6.45) is 5.53. The third-order valence-electron chi connectivity index (χ3n) is 3.13. The Kier molecular flexibility index (Phi) is 3.39. The SMILES string of the molecule is CS(=O)(=O)Nc1cccc(Cc2cccc3nccn23)c1. The molecule has 1 aromatic carbocycles. The summed E-state index contributed by atoms with van der Waals surface area (Å²) < 4.78 is 27.1. The lowest BCUT2D eigenvalue weighted by Gasteiger charge is -2.08. The quantitative estimate of drug-likeness (QED) is 0.804. The average molecular weight is 301 g/mol. The van der Waals surface area contributed by atoms with E-state index in [1.165, 1.54) is 0 Å². The lowest BCUT2D eigenvalue weighted by atomic mass is 10.1. The minimum absolute atomic E-state index is 0.577. The fourth-order valence-electron chi connectivity index (χ4n) is 2.32. The van der Waals surface area contributed by atoms with E-state index in [1.807, 2.05) is 47.0 Å². The van der Waals surface area contributed by atoms with Crippen molar-refractivity contribution in [3.63, 3.8) is 0 Å². The zero-order chi connectivity index (χ0) is 14.9. The van der Waals surface area contributed by atoms with Gasteiger partial charge in [0.05, 0.1) is 6.26 Å². The van der Waals surface area contributed by atoms with Gasteiger partial charge in [0, 0.05) is 30.2 Å². The van der Waals surface area contributed by atoms with Crippen molar-refractivity contribution in [2.45, 2.75) is 6.42 Å². The molecule has 5 nitrogen and oxygen atoms in total. The summed E-state index contributed by atoms with van der Waals surface area (Å²) in [6.45, 7) is 0. The van der Waals surface area contributed by atoms with Crippen molar-refractivity contribution in [1.29, 1.82) is 0 Å². The summed E-state index contributed by atoms with van der Waals surface area (Å²) in [4.78, 5) is 4.26. The Labute approximate surface area is 123 Å². The third kappa shape index (κ3) is 3.22. The Hall–Kier alpha value is -2.34. The molecular formula is C15H15N3O2S. The average Bonchev–Trinajstić information content (AvgIpc) is 2.86. The normalized spacial score (nSPS) is 11.7. The number of sulfonamides is 1. The van der Waals surface area contributed by atoms with Gasteiger partial charge in [0.1, 0.15) is 5.65 Å². The first-order chi connectivity index (χ1) is 10.0. The number of anilines is 1. The van der Waals surface area contributed by atoms with Gasteiger partial charge in [-0.25, -0.2) is 13.4 Å². The van der Waals surface area contributed by atoms with Crippen molar-refractivity contribution in [2.24, 2.45) is 0 Å². The molecule has 0 atom stereocenters. The molecule has 108 valence electrons. The molecule has 0 bridgehead atoms. The summed E-state index contributed by atoms with van der Waals surface area (Å²) in [5, 5.41) is 0. The van der Waals surface area contributed by atoms with Crippen LogP contribution < -0.4 is 4.72 Å². The van der Waals surface area contributed by atoms with Gasteiger partial charge in [-0.3, -0.25) is 4.72 Å². The molecule has 1 N–H and O–H groups in total. The molecular weight excluding hydrogens is 286 g/mol. The van der Waals surface area contributed by atoms with Crippen molar-refractivity contribution in [1.82, 2.24) is 9.38 Å². The molecule has 0 radical (unpaired) electrons. The van der Waals surface area contributed by atoms with Crippen LogP contribution in [0.2, 0.25) is 0 Å². The van der Waals surface area contributed by atoms with Gasteiger partial charge in [-0.2, -0.15) is 0 Å². The second-order valence-electron chi connectivity index (χ2n) is 4.92. The van der Waals surface area contributed by atoms with Crippen LogP contribution in [0.25, 0.3) is 5.65 Å². The monoisotopic (exact) mass is 301 g/mol. The Morgan fingerprint density at radius 2 is 2.00 bits per heavy atom. The second-order valence-corrected chi connectivity index (χ2v) is 6.67. The Balaban J connectivity index is 1.91. The second kappa shape index (κ2) is 5.21. The van der Waals surface area contributed by atoms with Crippen molar-refractivity contribution in [3.05, 3.63) is 66.1 Å². The van der Waals surface area contributed by atoms with E-state index < -0.39 is 10.0 Å². The Bertz CT molecular complexity index is 885. The molecule has 2 aromatic heterocycles. The topological polar surface area (TPSA) is 63.5 Å². The number of imidazole rings is 1. The highest BCUT2D eigenvalue weighted by Gasteiger charge is 2.05. The van der Waals surface area contributed by atoms with Crippen molar-refractivity contribution < 1.29 is 8.42 Å². The largest absolute Gasteiger partial charge is 0.304 e. The van der Waals surface area contributed by atoms with Crippen LogP contribution in [-0.4, -0.2) is 24.1 Å². The molecule has 0 spiro atoms. The first-order valence-corrected chi connectivity index (χ1v) is 8.38.